The van der Waals surface area contributed by atoms with Gasteiger partial charge in [-0.3, -0.25) is 4.79 Å². The smallest absolute Gasteiger partial charge is 0.220 e. The summed E-state index contributed by atoms with van der Waals surface area (Å²) in [5, 5.41) is 23.1. The van der Waals surface area contributed by atoms with E-state index in [2.05, 4.69) is 19.2 Å². The van der Waals surface area contributed by atoms with Gasteiger partial charge in [-0.15, -0.1) is 0 Å². The van der Waals surface area contributed by atoms with Crippen LogP contribution in [0.4, 0.5) is 0 Å². The van der Waals surface area contributed by atoms with Crippen LogP contribution in [0.15, 0.2) is 0 Å². The number of carbonyl (C=O) groups excluding carboxylic acids is 1. The highest BCUT2D eigenvalue weighted by Gasteiger charge is 2.20. The van der Waals surface area contributed by atoms with E-state index in [9.17, 15) is 15.0 Å². The van der Waals surface area contributed by atoms with E-state index in [1.165, 1.54) is 199 Å². The normalized spacial score (nSPS) is 12.9. The van der Waals surface area contributed by atoms with Gasteiger partial charge in [-0.05, 0) is 12.8 Å². The van der Waals surface area contributed by atoms with Crippen molar-refractivity contribution < 1.29 is 15.0 Å². The molecule has 4 heteroatoms. The Morgan fingerprint density at radius 3 is 0.957 bits per heavy atom. The molecule has 0 spiro atoms. The Morgan fingerprint density at radius 1 is 0.426 bits per heavy atom. The van der Waals surface area contributed by atoms with Crippen LogP contribution in [0.3, 0.4) is 0 Å². The number of rotatable bonds is 40. The van der Waals surface area contributed by atoms with Crippen LogP contribution in [-0.4, -0.2) is 34.9 Å². The first-order chi connectivity index (χ1) is 23.2. The average molecular weight is 666 g/mol. The Labute approximate surface area is 295 Å². The van der Waals surface area contributed by atoms with Gasteiger partial charge in [0, 0.05) is 6.42 Å². The molecule has 2 atom stereocenters. The molecule has 0 bridgehead atoms. The molecular formula is C43H87NO3. The SMILES string of the molecule is CCCCCCCCCCCCCCCCCCCCCCCCCCC(O)C(CO)NC(=O)CCCCCCCCCCCCC. The molecule has 0 aromatic heterocycles. The van der Waals surface area contributed by atoms with Crippen molar-refractivity contribution in [2.45, 2.75) is 264 Å². The molecule has 0 saturated heterocycles. The third-order valence-corrected chi connectivity index (χ3v) is 10.4. The quantitative estimate of drug-likeness (QED) is 0.0570. The second-order valence-electron chi connectivity index (χ2n) is 15.1. The molecule has 0 aliphatic carbocycles. The summed E-state index contributed by atoms with van der Waals surface area (Å²) in [5.74, 6) is -0.0291. The van der Waals surface area contributed by atoms with Crippen LogP contribution in [0.1, 0.15) is 251 Å². The number of nitrogens with one attached hydrogen (secondary N) is 1. The molecule has 0 heterocycles. The van der Waals surface area contributed by atoms with Gasteiger partial charge < -0.3 is 15.5 Å². The fourth-order valence-corrected chi connectivity index (χ4v) is 7.01. The van der Waals surface area contributed by atoms with E-state index in [-0.39, 0.29) is 12.5 Å². The maximum absolute atomic E-state index is 12.3. The van der Waals surface area contributed by atoms with Gasteiger partial charge in [0.25, 0.3) is 0 Å². The number of hydrogen-bond donors (Lipinski definition) is 3. The van der Waals surface area contributed by atoms with Crippen LogP contribution >= 0.6 is 0 Å². The maximum Gasteiger partial charge on any atom is 0.220 e. The lowest BCUT2D eigenvalue weighted by Crippen LogP contribution is -2.45. The Kier molecular flexibility index (Phi) is 39.3. The Morgan fingerprint density at radius 2 is 0.681 bits per heavy atom. The van der Waals surface area contributed by atoms with Crippen LogP contribution in [0, 0.1) is 0 Å². The lowest BCUT2D eigenvalue weighted by Gasteiger charge is -2.22. The van der Waals surface area contributed by atoms with Crippen molar-refractivity contribution in [1.82, 2.24) is 5.32 Å². The molecule has 0 aliphatic heterocycles. The molecule has 0 aromatic rings. The number of amides is 1. The monoisotopic (exact) mass is 666 g/mol. The summed E-state index contributed by atoms with van der Waals surface area (Å²) in [6.07, 6.45) is 47.6. The summed E-state index contributed by atoms with van der Waals surface area (Å²) in [6.45, 7) is 4.37. The van der Waals surface area contributed by atoms with Crippen LogP contribution in [0.25, 0.3) is 0 Å². The van der Waals surface area contributed by atoms with E-state index in [0.717, 1.165) is 25.7 Å². The van der Waals surface area contributed by atoms with Crippen molar-refractivity contribution >= 4 is 5.91 Å². The maximum atomic E-state index is 12.3. The molecule has 0 aliphatic rings. The summed E-state index contributed by atoms with van der Waals surface area (Å²) in [7, 11) is 0. The standard InChI is InChI=1S/C43H87NO3/c1-3-5-7-9-11-13-15-16-17-18-19-20-21-22-23-24-25-26-27-29-30-32-34-36-38-42(46)41(40-45)44-43(47)39-37-35-33-31-28-14-12-10-8-6-4-2/h41-42,45-46H,3-40H2,1-2H3,(H,44,47). The van der Waals surface area contributed by atoms with Gasteiger partial charge in [0.05, 0.1) is 18.8 Å². The molecule has 0 rings (SSSR count). The highest BCUT2D eigenvalue weighted by Crippen LogP contribution is 2.17. The average Bonchev–Trinajstić information content (AvgIpc) is 3.07. The summed E-state index contributed by atoms with van der Waals surface area (Å²) in [5.41, 5.74) is 0. The molecule has 3 N–H and O–H groups in total. The minimum absolute atomic E-state index is 0.0291. The molecule has 4 nitrogen and oxygen atoms in total. The van der Waals surface area contributed by atoms with Gasteiger partial charge in [-0.2, -0.15) is 0 Å². The molecule has 0 aromatic carbocycles. The van der Waals surface area contributed by atoms with E-state index < -0.39 is 12.1 Å². The largest absolute Gasteiger partial charge is 0.394 e. The first-order valence-corrected chi connectivity index (χ1v) is 21.7. The van der Waals surface area contributed by atoms with E-state index in [0.29, 0.717) is 12.8 Å². The van der Waals surface area contributed by atoms with Crippen molar-refractivity contribution in [2.24, 2.45) is 0 Å². The molecule has 47 heavy (non-hydrogen) atoms. The third kappa shape index (κ3) is 36.5. The first-order valence-electron chi connectivity index (χ1n) is 21.7. The number of aliphatic hydroxyl groups is 2. The molecule has 2 unspecified atom stereocenters. The summed E-state index contributed by atoms with van der Waals surface area (Å²) < 4.78 is 0. The third-order valence-electron chi connectivity index (χ3n) is 10.4. The van der Waals surface area contributed by atoms with Crippen LogP contribution in [-0.2, 0) is 4.79 Å². The molecular weight excluding hydrogens is 578 g/mol. The molecule has 282 valence electrons. The van der Waals surface area contributed by atoms with E-state index >= 15 is 0 Å². The van der Waals surface area contributed by atoms with Crippen molar-refractivity contribution in [3.8, 4) is 0 Å². The fraction of sp³-hybridized carbons (Fsp3) is 0.977. The first kappa shape index (κ1) is 46.4. The predicted octanol–water partition coefficient (Wildman–Crippen LogP) is 13.3. The Hall–Kier alpha value is -0.610. The number of aliphatic hydroxyl groups excluding tert-OH is 2. The fourth-order valence-electron chi connectivity index (χ4n) is 7.01. The van der Waals surface area contributed by atoms with Crippen molar-refractivity contribution in [3.63, 3.8) is 0 Å². The Balaban J connectivity index is 3.42. The zero-order valence-electron chi connectivity index (χ0n) is 32.3. The summed E-state index contributed by atoms with van der Waals surface area (Å²) in [6, 6.07) is -0.528. The van der Waals surface area contributed by atoms with E-state index in [1.807, 2.05) is 0 Å². The molecule has 1 amide bonds. The zero-order valence-corrected chi connectivity index (χ0v) is 32.3. The van der Waals surface area contributed by atoms with Crippen LogP contribution < -0.4 is 5.32 Å². The van der Waals surface area contributed by atoms with Gasteiger partial charge in [-0.1, -0.05) is 232 Å². The van der Waals surface area contributed by atoms with Gasteiger partial charge in [0.2, 0.25) is 5.91 Å². The summed E-state index contributed by atoms with van der Waals surface area (Å²) in [4.78, 5) is 12.3. The van der Waals surface area contributed by atoms with Crippen molar-refractivity contribution in [1.29, 1.82) is 0 Å². The van der Waals surface area contributed by atoms with E-state index in [1.54, 1.807) is 0 Å². The van der Waals surface area contributed by atoms with Gasteiger partial charge in [0.1, 0.15) is 0 Å². The van der Waals surface area contributed by atoms with Crippen LogP contribution in [0.2, 0.25) is 0 Å². The minimum atomic E-state index is -0.652. The number of carbonyl (C=O) groups is 1. The lowest BCUT2D eigenvalue weighted by molar-refractivity contribution is -0.123. The van der Waals surface area contributed by atoms with Crippen molar-refractivity contribution in [2.75, 3.05) is 6.61 Å². The highest BCUT2D eigenvalue weighted by atomic mass is 16.3. The lowest BCUT2D eigenvalue weighted by atomic mass is 10.0. The highest BCUT2D eigenvalue weighted by molar-refractivity contribution is 5.76. The Bertz CT molecular complexity index is 598. The van der Waals surface area contributed by atoms with Gasteiger partial charge in [-0.25, -0.2) is 0 Å². The van der Waals surface area contributed by atoms with E-state index in [4.69, 9.17) is 0 Å². The predicted molar refractivity (Wildman–Crippen MR) is 207 cm³/mol. The second-order valence-corrected chi connectivity index (χ2v) is 15.1. The number of hydrogen-bond acceptors (Lipinski definition) is 3. The number of unbranched alkanes of at least 4 members (excludes halogenated alkanes) is 33. The van der Waals surface area contributed by atoms with Gasteiger partial charge >= 0.3 is 0 Å². The van der Waals surface area contributed by atoms with Crippen molar-refractivity contribution in [3.05, 3.63) is 0 Å². The molecule has 0 fully saturated rings. The van der Waals surface area contributed by atoms with Crippen LogP contribution in [0.5, 0.6) is 0 Å². The second kappa shape index (κ2) is 39.8. The topological polar surface area (TPSA) is 69.6 Å². The molecule has 0 saturated carbocycles. The van der Waals surface area contributed by atoms with Gasteiger partial charge in [0.15, 0.2) is 0 Å². The summed E-state index contributed by atoms with van der Waals surface area (Å²) >= 11 is 0. The molecule has 0 radical (unpaired) electrons. The zero-order chi connectivity index (χ0) is 34.3. The minimum Gasteiger partial charge on any atom is -0.394 e.